The van der Waals surface area contributed by atoms with E-state index in [-0.39, 0.29) is 12.5 Å². The number of carbonyl (C=O) groups excluding carboxylic acids is 1. The number of hydrogen-bond donors (Lipinski definition) is 2. The number of ether oxygens (including phenoxy) is 1. The first-order valence-electron chi connectivity index (χ1n) is 8.29. The van der Waals surface area contributed by atoms with Crippen LogP contribution in [0.5, 0.6) is 5.75 Å². The van der Waals surface area contributed by atoms with Crippen LogP contribution in [0.2, 0.25) is 0 Å². The molecule has 0 aliphatic heterocycles. The van der Waals surface area contributed by atoms with E-state index >= 15 is 0 Å². The van der Waals surface area contributed by atoms with E-state index in [2.05, 4.69) is 10.6 Å². The lowest BCUT2D eigenvalue weighted by Gasteiger charge is -2.15. The fraction of sp³-hybridized carbons (Fsp3) is 0.389. The molecule has 0 bridgehead atoms. The number of fused-ring (bicyclic) bond motifs is 1. The molecule has 1 heterocycles. The molecule has 3 rings (SSSR count). The van der Waals surface area contributed by atoms with Gasteiger partial charge in [0, 0.05) is 23.6 Å². The number of nitrogens with one attached hydrogen (secondary N) is 2. The third kappa shape index (κ3) is 4.57. The van der Waals surface area contributed by atoms with Gasteiger partial charge in [0.2, 0.25) is 0 Å². The van der Waals surface area contributed by atoms with Gasteiger partial charge in [0.15, 0.2) is 11.7 Å². The summed E-state index contributed by atoms with van der Waals surface area (Å²) in [6, 6.07) is 6.92. The van der Waals surface area contributed by atoms with E-state index < -0.39 is 5.63 Å². The first-order chi connectivity index (χ1) is 12.0. The SMILES string of the molecule is Cc1cc(=O)oc2cc(OCC(=O)NC(=S)NC3CCCC3)ccc12. The number of thiocarbonyl (C=S) groups is 1. The summed E-state index contributed by atoms with van der Waals surface area (Å²) in [6.45, 7) is 1.67. The van der Waals surface area contributed by atoms with E-state index in [9.17, 15) is 9.59 Å². The third-order valence-corrected chi connectivity index (χ3v) is 4.46. The molecule has 1 amide bonds. The molecule has 2 aromatic rings. The molecule has 1 aliphatic rings. The van der Waals surface area contributed by atoms with E-state index in [4.69, 9.17) is 21.4 Å². The van der Waals surface area contributed by atoms with E-state index in [1.54, 1.807) is 18.2 Å². The van der Waals surface area contributed by atoms with Gasteiger partial charge in [-0.3, -0.25) is 4.79 Å². The molecular weight excluding hydrogens is 340 g/mol. The maximum atomic E-state index is 11.9. The second-order valence-corrected chi connectivity index (χ2v) is 6.61. The first-order valence-corrected chi connectivity index (χ1v) is 8.70. The molecule has 1 aromatic carbocycles. The van der Waals surface area contributed by atoms with E-state index in [1.165, 1.54) is 18.9 Å². The Morgan fingerprint density at radius 2 is 2.08 bits per heavy atom. The van der Waals surface area contributed by atoms with Gasteiger partial charge < -0.3 is 19.8 Å². The zero-order valence-corrected chi connectivity index (χ0v) is 14.8. The lowest BCUT2D eigenvalue weighted by molar-refractivity contribution is -0.121. The molecule has 132 valence electrons. The van der Waals surface area contributed by atoms with Gasteiger partial charge in [0.1, 0.15) is 11.3 Å². The standard InChI is InChI=1S/C18H20N2O4S/c1-11-8-17(22)24-15-9-13(6-7-14(11)15)23-10-16(21)20-18(25)19-12-4-2-3-5-12/h6-9,12H,2-5,10H2,1H3,(H2,19,20,21,25). The quantitative estimate of drug-likeness (QED) is 0.644. The van der Waals surface area contributed by atoms with Gasteiger partial charge >= 0.3 is 5.63 Å². The van der Waals surface area contributed by atoms with Crippen LogP contribution in [0.1, 0.15) is 31.2 Å². The Morgan fingerprint density at radius 3 is 2.84 bits per heavy atom. The maximum Gasteiger partial charge on any atom is 0.336 e. The van der Waals surface area contributed by atoms with Crippen LogP contribution in [0.3, 0.4) is 0 Å². The van der Waals surface area contributed by atoms with Gasteiger partial charge in [0.05, 0.1) is 0 Å². The van der Waals surface area contributed by atoms with Crippen LogP contribution in [0, 0.1) is 6.92 Å². The van der Waals surface area contributed by atoms with Crippen LogP contribution in [0.25, 0.3) is 11.0 Å². The highest BCUT2D eigenvalue weighted by molar-refractivity contribution is 7.80. The van der Waals surface area contributed by atoms with Crippen molar-refractivity contribution < 1.29 is 13.9 Å². The Labute approximate surface area is 150 Å². The number of rotatable bonds is 4. The van der Waals surface area contributed by atoms with Gasteiger partial charge in [-0.1, -0.05) is 12.8 Å². The summed E-state index contributed by atoms with van der Waals surface area (Å²) in [7, 11) is 0. The van der Waals surface area contributed by atoms with Crippen molar-refractivity contribution >= 4 is 34.2 Å². The van der Waals surface area contributed by atoms with Gasteiger partial charge in [-0.2, -0.15) is 0 Å². The summed E-state index contributed by atoms with van der Waals surface area (Å²) in [4.78, 5) is 23.4. The minimum atomic E-state index is -0.414. The Hall–Kier alpha value is -2.41. The van der Waals surface area contributed by atoms with Crippen molar-refractivity contribution in [2.45, 2.75) is 38.6 Å². The molecule has 0 saturated heterocycles. The summed E-state index contributed by atoms with van der Waals surface area (Å²) < 4.78 is 10.6. The number of amides is 1. The lowest BCUT2D eigenvalue weighted by Crippen LogP contribution is -2.44. The van der Waals surface area contributed by atoms with Crippen LogP contribution < -0.4 is 21.0 Å². The lowest BCUT2D eigenvalue weighted by atomic mass is 10.1. The van der Waals surface area contributed by atoms with E-state index in [0.717, 1.165) is 23.8 Å². The maximum absolute atomic E-state index is 11.9. The molecule has 0 radical (unpaired) electrons. The largest absolute Gasteiger partial charge is 0.484 e. The van der Waals surface area contributed by atoms with E-state index in [1.807, 2.05) is 6.92 Å². The van der Waals surface area contributed by atoms with Crippen LogP contribution in [0.4, 0.5) is 0 Å². The highest BCUT2D eigenvalue weighted by Gasteiger charge is 2.16. The molecule has 1 aliphatic carbocycles. The van der Waals surface area contributed by atoms with Crippen molar-refractivity contribution in [3.8, 4) is 5.75 Å². The molecule has 1 aromatic heterocycles. The number of carbonyl (C=O) groups is 1. The average molecular weight is 360 g/mol. The predicted octanol–water partition coefficient (Wildman–Crippen LogP) is 2.41. The fourth-order valence-corrected chi connectivity index (χ4v) is 3.28. The van der Waals surface area contributed by atoms with Crippen molar-refractivity contribution in [1.82, 2.24) is 10.6 Å². The number of hydrogen-bond acceptors (Lipinski definition) is 5. The second-order valence-electron chi connectivity index (χ2n) is 6.20. The topological polar surface area (TPSA) is 80.6 Å². The highest BCUT2D eigenvalue weighted by atomic mass is 32.1. The monoisotopic (exact) mass is 360 g/mol. The zero-order valence-electron chi connectivity index (χ0n) is 14.0. The van der Waals surface area contributed by atoms with Crippen molar-refractivity contribution in [2.24, 2.45) is 0 Å². The van der Waals surface area contributed by atoms with E-state index in [0.29, 0.717) is 22.5 Å². The summed E-state index contributed by atoms with van der Waals surface area (Å²) >= 11 is 5.14. The normalized spacial score (nSPS) is 14.4. The van der Waals surface area contributed by atoms with Crippen molar-refractivity contribution in [2.75, 3.05) is 6.61 Å². The van der Waals surface area contributed by atoms with Gasteiger partial charge in [-0.25, -0.2) is 4.79 Å². The summed E-state index contributed by atoms with van der Waals surface area (Å²) in [5, 5.41) is 6.92. The molecule has 1 saturated carbocycles. The highest BCUT2D eigenvalue weighted by Crippen LogP contribution is 2.22. The van der Waals surface area contributed by atoms with Crippen LogP contribution in [-0.2, 0) is 4.79 Å². The third-order valence-electron chi connectivity index (χ3n) is 4.24. The number of benzene rings is 1. The van der Waals surface area contributed by atoms with Gasteiger partial charge in [-0.15, -0.1) is 0 Å². The fourth-order valence-electron chi connectivity index (χ4n) is 3.00. The Morgan fingerprint density at radius 1 is 1.32 bits per heavy atom. The molecule has 1 fully saturated rings. The molecule has 7 heteroatoms. The van der Waals surface area contributed by atoms with Crippen molar-refractivity contribution in [1.29, 1.82) is 0 Å². The first kappa shape index (κ1) is 17.4. The zero-order chi connectivity index (χ0) is 17.8. The molecule has 0 atom stereocenters. The summed E-state index contributed by atoms with van der Waals surface area (Å²) in [6.07, 6.45) is 4.53. The molecule has 2 N–H and O–H groups in total. The second kappa shape index (κ2) is 7.65. The average Bonchev–Trinajstić information content (AvgIpc) is 3.05. The molecule has 0 unspecified atom stereocenters. The molecule has 0 spiro atoms. The summed E-state index contributed by atoms with van der Waals surface area (Å²) in [5.41, 5.74) is 0.850. The van der Waals surface area contributed by atoms with Crippen LogP contribution in [0.15, 0.2) is 33.5 Å². The van der Waals surface area contributed by atoms with Crippen LogP contribution in [-0.4, -0.2) is 23.7 Å². The Balaban J connectivity index is 1.55. The minimum absolute atomic E-state index is 0.173. The summed E-state index contributed by atoms with van der Waals surface area (Å²) in [5.74, 6) is 0.118. The van der Waals surface area contributed by atoms with Crippen LogP contribution >= 0.6 is 12.2 Å². The van der Waals surface area contributed by atoms with Gasteiger partial charge in [0.25, 0.3) is 5.91 Å². The minimum Gasteiger partial charge on any atom is -0.484 e. The smallest absolute Gasteiger partial charge is 0.336 e. The van der Waals surface area contributed by atoms with Gasteiger partial charge in [-0.05, 0) is 49.7 Å². The Kier molecular flexibility index (Phi) is 5.33. The number of aryl methyl sites for hydroxylation is 1. The van der Waals surface area contributed by atoms with Crippen molar-refractivity contribution in [3.63, 3.8) is 0 Å². The molecular formula is C18H20N2O4S. The molecule has 25 heavy (non-hydrogen) atoms. The van der Waals surface area contributed by atoms with Crippen molar-refractivity contribution in [3.05, 3.63) is 40.2 Å². The molecule has 6 nitrogen and oxygen atoms in total. The Bertz CT molecular complexity index is 856. The predicted molar refractivity (Wildman–Crippen MR) is 98.8 cm³/mol.